The molecule has 152 valence electrons. The second-order valence-corrected chi connectivity index (χ2v) is 6.65. The first kappa shape index (κ1) is 21.8. The van der Waals surface area contributed by atoms with E-state index in [1.54, 1.807) is 25.1 Å². The third kappa shape index (κ3) is 5.98. The number of Topliss-reactive ketones (excluding diaryl/α,β-unsaturated/α-hetero) is 1. The molecule has 0 spiro atoms. The van der Waals surface area contributed by atoms with E-state index in [0.29, 0.717) is 17.7 Å². The van der Waals surface area contributed by atoms with Crippen LogP contribution in [-0.2, 0) is 16.0 Å². The molecule has 2 unspecified atom stereocenters. The van der Waals surface area contributed by atoms with E-state index in [1.807, 2.05) is 0 Å². The van der Waals surface area contributed by atoms with Gasteiger partial charge >= 0.3 is 11.9 Å². The van der Waals surface area contributed by atoms with Gasteiger partial charge in [0.1, 0.15) is 6.04 Å². The highest BCUT2D eigenvalue weighted by Crippen LogP contribution is 2.13. The molecule has 8 nitrogen and oxygen atoms in total. The molecular weight excluding hydrogens is 376 g/mol. The fourth-order valence-electron chi connectivity index (χ4n) is 2.87. The van der Waals surface area contributed by atoms with Gasteiger partial charge in [0.2, 0.25) is 5.91 Å². The second-order valence-electron chi connectivity index (χ2n) is 6.65. The Kier molecular flexibility index (Phi) is 7.21. The highest BCUT2D eigenvalue weighted by molar-refractivity contribution is 6.10. The van der Waals surface area contributed by atoms with Crippen LogP contribution in [0.4, 0.5) is 5.69 Å². The van der Waals surface area contributed by atoms with Crippen molar-refractivity contribution in [2.45, 2.75) is 32.4 Å². The van der Waals surface area contributed by atoms with Gasteiger partial charge in [0.25, 0.3) is 0 Å². The van der Waals surface area contributed by atoms with Crippen LogP contribution < -0.4 is 10.6 Å². The van der Waals surface area contributed by atoms with Crippen molar-refractivity contribution in [1.82, 2.24) is 5.32 Å². The van der Waals surface area contributed by atoms with Gasteiger partial charge in [-0.05, 0) is 56.2 Å². The fourth-order valence-corrected chi connectivity index (χ4v) is 2.87. The molecule has 2 rings (SSSR count). The van der Waals surface area contributed by atoms with Crippen LogP contribution in [0.1, 0.15) is 40.1 Å². The Hall–Kier alpha value is -3.52. The van der Waals surface area contributed by atoms with E-state index < -0.39 is 29.7 Å². The van der Waals surface area contributed by atoms with Crippen LogP contribution in [0.2, 0.25) is 0 Å². The summed E-state index contributed by atoms with van der Waals surface area (Å²) in [6.07, 6.45) is 0.312. The Morgan fingerprint density at radius 1 is 0.931 bits per heavy atom. The van der Waals surface area contributed by atoms with E-state index >= 15 is 0 Å². The lowest BCUT2D eigenvalue weighted by Gasteiger charge is -2.21. The number of carbonyl (C=O) groups excluding carboxylic acids is 2. The summed E-state index contributed by atoms with van der Waals surface area (Å²) < 4.78 is 0. The van der Waals surface area contributed by atoms with Crippen LogP contribution in [0.25, 0.3) is 0 Å². The number of aromatic carboxylic acids is 2. The molecule has 2 atom stereocenters. The van der Waals surface area contributed by atoms with Gasteiger partial charge in [0, 0.05) is 11.7 Å². The lowest BCUT2D eigenvalue weighted by molar-refractivity contribution is -0.127. The van der Waals surface area contributed by atoms with Crippen molar-refractivity contribution in [3.05, 3.63) is 65.2 Å². The first-order valence-electron chi connectivity index (χ1n) is 8.91. The molecule has 0 bridgehead atoms. The number of hydrogen-bond donors (Lipinski definition) is 4. The molecule has 0 heterocycles. The van der Waals surface area contributed by atoms with Crippen LogP contribution in [0.3, 0.4) is 0 Å². The molecule has 0 aliphatic rings. The number of carbonyl (C=O) groups is 4. The predicted octanol–water partition coefficient (Wildman–Crippen LogP) is 2.20. The molecule has 8 heteroatoms. The van der Waals surface area contributed by atoms with Crippen molar-refractivity contribution in [1.29, 1.82) is 0 Å². The topological polar surface area (TPSA) is 133 Å². The third-order valence-corrected chi connectivity index (χ3v) is 4.29. The van der Waals surface area contributed by atoms with Crippen LogP contribution in [0, 0.1) is 0 Å². The van der Waals surface area contributed by atoms with Gasteiger partial charge in [-0.15, -0.1) is 0 Å². The molecule has 2 aromatic carbocycles. The van der Waals surface area contributed by atoms with Crippen LogP contribution in [0.5, 0.6) is 0 Å². The molecule has 1 amide bonds. The number of hydrogen-bond acceptors (Lipinski definition) is 5. The molecule has 2 aromatic rings. The highest BCUT2D eigenvalue weighted by atomic mass is 16.4. The standard InChI is InChI=1S/C21H22N2O6/c1-12(11-15-5-3-4-6-17(15)21(28)29)22-18(13(2)24)19(25)23-16-9-7-14(8-10-16)20(26)27/h3-10,12,18,22H,11H2,1-2H3,(H,23,25)(H,26,27)(H,28,29). The number of rotatable bonds is 9. The van der Waals surface area contributed by atoms with Crippen molar-refractivity contribution < 1.29 is 29.4 Å². The normalized spacial score (nSPS) is 12.6. The molecule has 0 aliphatic carbocycles. The Balaban J connectivity index is 2.07. The number of amides is 1. The third-order valence-electron chi connectivity index (χ3n) is 4.29. The largest absolute Gasteiger partial charge is 0.478 e. The Labute approximate surface area is 167 Å². The molecule has 0 fully saturated rings. The molecule has 0 saturated heterocycles. The summed E-state index contributed by atoms with van der Waals surface area (Å²) in [6, 6.07) is 10.6. The summed E-state index contributed by atoms with van der Waals surface area (Å²) in [4.78, 5) is 46.7. The minimum Gasteiger partial charge on any atom is -0.478 e. The minimum atomic E-state index is -1.14. The van der Waals surface area contributed by atoms with Gasteiger partial charge in [0.05, 0.1) is 11.1 Å². The summed E-state index contributed by atoms with van der Waals surface area (Å²) in [5.41, 5.74) is 1.20. The highest BCUT2D eigenvalue weighted by Gasteiger charge is 2.25. The summed E-state index contributed by atoms with van der Waals surface area (Å²) in [6.45, 7) is 3.03. The Morgan fingerprint density at radius 2 is 1.55 bits per heavy atom. The molecule has 0 aromatic heterocycles. The number of nitrogens with one attached hydrogen (secondary N) is 2. The zero-order chi connectivity index (χ0) is 21.6. The van der Waals surface area contributed by atoms with E-state index in [1.165, 1.54) is 37.3 Å². The van der Waals surface area contributed by atoms with E-state index in [4.69, 9.17) is 5.11 Å². The first-order valence-corrected chi connectivity index (χ1v) is 8.91. The zero-order valence-corrected chi connectivity index (χ0v) is 16.0. The van der Waals surface area contributed by atoms with Crippen LogP contribution in [-0.4, -0.2) is 45.9 Å². The maximum absolute atomic E-state index is 12.5. The molecule has 29 heavy (non-hydrogen) atoms. The average molecular weight is 398 g/mol. The van der Waals surface area contributed by atoms with Crippen molar-refractivity contribution in [3.8, 4) is 0 Å². The average Bonchev–Trinajstić information content (AvgIpc) is 2.66. The molecule has 0 aliphatic heterocycles. The Bertz CT molecular complexity index is 923. The van der Waals surface area contributed by atoms with Gasteiger partial charge in [-0.1, -0.05) is 18.2 Å². The quantitative estimate of drug-likeness (QED) is 0.476. The van der Waals surface area contributed by atoms with E-state index in [2.05, 4.69) is 10.6 Å². The molecule has 4 N–H and O–H groups in total. The van der Waals surface area contributed by atoms with Crippen LogP contribution >= 0.6 is 0 Å². The van der Waals surface area contributed by atoms with E-state index in [-0.39, 0.29) is 17.2 Å². The predicted molar refractivity (Wildman–Crippen MR) is 106 cm³/mol. The lowest BCUT2D eigenvalue weighted by Crippen LogP contribution is -2.49. The summed E-state index contributed by atoms with van der Waals surface area (Å²) in [5, 5.41) is 23.7. The Morgan fingerprint density at radius 3 is 2.10 bits per heavy atom. The number of anilines is 1. The zero-order valence-electron chi connectivity index (χ0n) is 16.0. The van der Waals surface area contributed by atoms with Crippen molar-refractivity contribution in [3.63, 3.8) is 0 Å². The fraction of sp³-hybridized carbons (Fsp3) is 0.238. The van der Waals surface area contributed by atoms with E-state index in [0.717, 1.165) is 0 Å². The number of carboxylic acid groups (broad SMARTS) is 2. The molecule has 0 saturated carbocycles. The van der Waals surface area contributed by atoms with Gasteiger partial charge in [0.15, 0.2) is 5.78 Å². The lowest BCUT2D eigenvalue weighted by atomic mass is 10.00. The monoisotopic (exact) mass is 398 g/mol. The van der Waals surface area contributed by atoms with Gasteiger partial charge in [-0.2, -0.15) is 0 Å². The minimum absolute atomic E-state index is 0.0787. The SMILES string of the molecule is CC(=O)C(NC(C)Cc1ccccc1C(=O)O)C(=O)Nc1ccc(C(=O)O)cc1. The first-order chi connectivity index (χ1) is 13.7. The number of carboxylic acids is 2. The van der Waals surface area contributed by atoms with Crippen LogP contribution in [0.15, 0.2) is 48.5 Å². The van der Waals surface area contributed by atoms with Gasteiger partial charge in [-0.25, -0.2) is 9.59 Å². The summed E-state index contributed by atoms with van der Waals surface area (Å²) in [5.74, 6) is -3.11. The van der Waals surface area contributed by atoms with Gasteiger partial charge < -0.3 is 15.5 Å². The number of ketones is 1. The smallest absolute Gasteiger partial charge is 0.335 e. The van der Waals surface area contributed by atoms with Crippen molar-refractivity contribution in [2.75, 3.05) is 5.32 Å². The second kappa shape index (κ2) is 9.61. The van der Waals surface area contributed by atoms with Gasteiger partial charge in [-0.3, -0.25) is 14.9 Å². The van der Waals surface area contributed by atoms with Crippen molar-refractivity contribution >= 4 is 29.3 Å². The molecular formula is C21H22N2O6. The summed E-state index contributed by atoms with van der Waals surface area (Å²) in [7, 11) is 0. The van der Waals surface area contributed by atoms with Crippen molar-refractivity contribution in [2.24, 2.45) is 0 Å². The maximum atomic E-state index is 12.5. The van der Waals surface area contributed by atoms with E-state index in [9.17, 15) is 24.3 Å². The number of benzene rings is 2. The summed E-state index contributed by atoms with van der Waals surface area (Å²) >= 11 is 0. The maximum Gasteiger partial charge on any atom is 0.335 e. The molecule has 0 radical (unpaired) electrons.